The van der Waals surface area contributed by atoms with E-state index in [0.29, 0.717) is 5.75 Å². The third-order valence-electron chi connectivity index (χ3n) is 2.85. The van der Waals surface area contributed by atoms with Gasteiger partial charge in [0.2, 0.25) is 0 Å². The fourth-order valence-corrected chi connectivity index (χ4v) is 1.83. The molecular weight excluding hydrogens is 264 g/mol. The van der Waals surface area contributed by atoms with Crippen LogP contribution in [0.25, 0.3) is 0 Å². The van der Waals surface area contributed by atoms with Crippen molar-refractivity contribution in [3.63, 3.8) is 0 Å². The first kappa shape index (κ1) is 14.3. The first-order chi connectivity index (χ1) is 9.61. The van der Waals surface area contributed by atoms with Gasteiger partial charge in [-0.05, 0) is 18.2 Å². The predicted octanol–water partition coefficient (Wildman–Crippen LogP) is 3.05. The van der Waals surface area contributed by atoms with E-state index in [-0.39, 0.29) is 12.4 Å². The fourth-order valence-electron chi connectivity index (χ4n) is 1.83. The van der Waals surface area contributed by atoms with Crippen molar-refractivity contribution in [2.45, 2.75) is 6.04 Å². The van der Waals surface area contributed by atoms with Gasteiger partial charge in [-0.25, -0.2) is 8.78 Å². The fraction of sp³-hybridized carbons (Fsp3) is 0.200. The van der Waals surface area contributed by atoms with Crippen LogP contribution >= 0.6 is 0 Å². The lowest BCUT2D eigenvalue weighted by molar-refractivity contribution is 0.272. The number of hydrogen-bond donors (Lipinski definition) is 1. The Morgan fingerprint density at radius 1 is 1.10 bits per heavy atom. The molecule has 0 aliphatic carbocycles. The molecule has 2 rings (SSSR count). The van der Waals surface area contributed by atoms with E-state index in [1.807, 2.05) is 12.1 Å². The van der Waals surface area contributed by atoms with Crippen LogP contribution in [0.4, 0.5) is 8.78 Å². The molecule has 2 N–H and O–H groups in total. The number of ether oxygens (including phenoxy) is 2. The number of hydrogen-bond acceptors (Lipinski definition) is 3. The lowest BCUT2D eigenvalue weighted by Crippen LogP contribution is -2.20. The molecule has 0 aliphatic heterocycles. The van der Waals surface area contributed by atoms with Crippen LogP contribution in [0.1, 0.15) is 11.6 Å². The summed E-state index contributed by atoms with van der Waals surface area (Å²) in [5.41, 5.74) is 6.73. The SMILES string of the molecule is COc1ccccc1C(N)COc1cc(F)ccc1F. The van der Waals surface area contributed by atoms with Crippen molar-refractivity contribution in [1.82, 2.24) is 0 Å². The molecule has 0 bridgehead atoms. The Balaban J connectivity index is 2.08. The monoisotopic (exact) mass is 279 g/mol. The Morgan fingerprint density at radius 3 is 2.60 bits per heavy atom. The number of methoxy groups -OCH3 is 1. The van der Waals surface area contributed by atoms with Crippen molar-refractivity contribution in [1.29, 1.82) is 0 Å². The average molecular weight is 279 g/mol. The largest absolute Gasteiger partial charge is 0.496 e. The minimum absolute atomic E-state index is 0.0146. The molecule has 0 saturated carbocycles. The Bertz CT molecular complexity index is 590. The van der Waals surface area contributed by atoms with Gasteiger partial charge in [0.1, 0.15) is 18.2 Å². The molecule has 0 spiro atoms. The number of para-hydroxylation sites is 1. The van der Waals surface area contributed by atoms with Gasteiger partial charge in [-0.3, -0.25) is 0 Å². The molecule has 1 unspecified atom stereocenters. The van der Waals surface area contributed by atoms with E-state index in [4.69, 9.17) is 15.2 Å². The van der Waals surface area contributed by atoms with Crippen LogP contribution in [0.2, 0.25) is 0 Å². The van der Waals surface area contributed by atoms with Gasteiger partial charge in [0.15, 0.2) is 11.6 Å². The Hall–Kier alpha value is -2.14. The molecule has 0 aromatic heterocycles. The third-order valence-corrected chi connectivity index (χ3v) is 2.85. The molecule has 0 amide bonds. The van der Waals surface area contributed by atoms with Crippen molar-refractivity contribution in [3.8, 4) is 11.5 Å². The van der Waals surface area contributed by atoms with Gasteiger partial charge in [-0.2, -0.15) is 0 Å². The van der Waals surface area contributed by atoms with Crippen molar-refractivity contribution >= 4 is 0 Å². The molecule has 20 heavy (non-hydrogen) atoms. The van der Waals surface area contributed by atoms with Crippen LogP contribution in [0.15, 0.2) is 42.5 Å². The Labute approximate surface area is 115 Å². The maximum atomic E-state index is 13.4. The van der Waals surface area contributed by atoms with E-state index < -0.39 is 17.7 Å². The van der Waals surface area contributed by atoms with Gasteiger partial charge in [0, 0.05) is 11.6 Å². The zero-order chi connectivity index (χ0) is 14.5. The normalized spacial score (nSPS) is 12.0. The average Bonchev–Trinajstić information content (AvgIpc) is 2.47. The van der Waals surface area contributed by atoms with Crippen LogP contribution in [0.3, 0.4) is 0 Å². The number of benzene rings is 2. The lowest BCUT2D eigenvalue weighted by Gasteiger charge is -2.16. The van der Waals surface area contributed by atoms with Crippen LogP contribution in [-0.2, 0) is 0 Å². The molecule has 0 radical (unpaired) electrons. The van der Waals surface area contributed by atoms with Crippen molar-refractivity contribution < 1.29 is 18.3 Å². The zero-order valence-corrected chi connectivity index (χ0v) is 11.0. The highest BCUT2D eigenvalue weighted by atomic mass is 19.1. The molecular formula is C15H15F2NO2. The van der Waals surface area contributed by atoms with Crippen molar-refractivity contribution in [3.05, 3.63) is 59.7 Å². The van der Waals surface area contributed by atoms with Gasteiger partial charge in [0.25, 0.3) is 0 Å². The lowest BCUT2D eigenvalue weighted by atomic mass is 10.1. The topological polar surface area (TPSA) is 44.5 Å². The maximum absolute atomic E-state index is 13.4. The van der Waals surface area contributed by atoms with E-state index in [9.17, 15) is 8.78 Å². The van der Waals surface area contributed by atoms with Crippen LogP contribution in [-0.4, -0.2) is 13.7 Å². The van der Waals surface area contributed by atoms with Crippen LogP contribution < -0.4 is 15.2 Å². The van der Waals surface area contributed by atoms with Crippen molar-refractivity contribution in [2.75, 3.05) is 13.7 Å². The van der Waals surface area contributed by atoms with Gasteiger partial charge in [0.05, 0.1) is 13.2 Å². The molecule has 0 saturated heterocycles. The first-order valence-electron chi connectivity index (χ1n) is 6.08. The van der Waals surface area contributed by atoms with E-state index in [0.717, 1.165) is 23.8 Å². The summed E-state index contributed by atoms with van der Waals surface area (Å²) in [7, 11) is 1.54. The number of rotatable bonds is 5. The Morgan fingerprint density at radius 2 is 1.85 bits per heavy atom. The standard InChI is InChI=1S/C15H15F2NO2/c1-19-14-5-3-2-4-11(14)13(18)9-20-15-8-10(16)6-7-12(15)17/h2-8,13H,9,18H2,1H3. The maximum Gasteiger partial charge on any atom is 0.165 e. The second kappa shape index (κ2) is 6.34. The van der Waals surface area contributed by atoms with Gasteiger partial charge in [-0.1, -0.05) is 18.2 Å². The zero-order valence-electron chi connectivity index (χ0n) is 11.0. The summed E-state index contributed by atoms with van der Waals surface area (Å²) in [4.78, 5) is 0. The Kier molecular flexibility index (Phi) is 4.53. The summed E-state index contributed by atoms with van der Waals surface area (Å²) >= 11 is 0. The minimum Gasteiger partial charge on any atom is -0.496 e. The molecule has 3 nitrogen and oxygen atoms in total. The van der Waals surface area contributed by atoms with E-state index in [1.165, 1.54) is 0 Å². The summed E-state index contributed by atoms with van der Waals surface area (Å²) in [6.07, 6.45) is 0. The smallest absolute Gasteiger partial charge is 0.165 e. The van der Waals surface area contributed by atoms with Crippen LogP contribution in [0.5, 0.6) is 11.5 Å². The van der Waals surface area contributed by atoms with Gasteiger partial charge in [-0.15, -0.1) is 0 Å². The van der Waals surface area contributed by atoms with E-state index in [1.54, 1.807) is 19.2 Å². The molecule has 2 aromatic carbocycles. The molecule has 5 heteroatoms. The summed E-state index contributed by atoms with van der Waals surface area (Å²) in [5, 5.41) is 0. The van der Waals surface area contributed by atoms with Gasteiger partial charge >= 0.3 is 0 Å². The number of nitrogens with two attached hydrogens (primary N) is 1. The highest BCUT2D eigenvalue weighted by Crippen LogP contribution is 2.25. The summed E-state index contributed by atoms with van der Waals surface area (Å²) < 4.78 is 36.9. The van der Waals surface area contributed by atoms with Gasteiger partial charge < -0.3 is 15.2 Å². The highest BCUT2D eigenvalue weighted by molar-refractivity contribution is 5.36. The molecule has 0 heterocycles. The molecule has 0 aliphatic rings. The quantitative estimate of drug-likeness (QED) is 0.915. The molecule has 1 atom stereocenters. The highest BCUT2D eigenvalue weighted by Gasteiger charge is 2.13. The predicted molar refractivity (Wildman–Crippen MR) is 71.8 cm³/mol. The second-order valence-electron chi connectivity index (χ2n) is 4.23. The molecule has 0 fully saturated rings. The van der Waals surface area contributed by atoms with Crippen LogP contribution in [0, 0.1) is 11.6 Å². The minimum atomic E-state index is -0.626. The second-order valence-corrected chi connectivity index (χ2v) is 4.23. The molecule has 2 aromatic rings. The molecule has 106 valence electrons. The third kappa shape index (κ3) is 3.24. The first-order valence-corrected chi connectivity index (χ1v) is 6.08. The number of halogens is 2. The van der Waals surface area contributed by atoms with E-state index in [2.05, 4.69) is 0 Å². The summed E-state index contributed by atoms with van der Waals surface area (Å²) in [6, 6.07) is 9.75. The summed E-state index contributed by atoms with van der Waals surface area (Å²) in [5.74, 6) is -0.718. The van der Waals surface area contributed by atoms with E-state index >= 15 is 0 Å². The van der Waals surface area contributed by atoms with Crippen molar-refractivity contribution in [2.24, 2.45) is 5.73 Å². The summed E-state index contributed by atoms with van der Waals surface area (Å²) in [6.45, 7) is 0.0146.